The Morgan fingerprint density at radius 3 is 2.67 bits per heavy atom. The maximum Gasteiger partial charge on any atom is 0.119 e. The molecule has 116 valence electrons. The Balaban J connectivity index is 0.00000400. The van der Waals surface area contributed by atoms with Crippen LogP contribution in [0.1, 0.15) is 39.3 Å². The van der Waals surface area contributed by atoms with Gasteiger partial charge in [0.1, 0.15) is 5.75 Å². The van der Waals surface area contributed by atoms with Crippen molar-refractivity contribution in [3.8, 4) is 17.6 Å². The Labute approximate surface area is 135 Å². The van der Waals surface area contributed by atoms with Crippen LogP contribution < -0.4 is 10.1 Å². The van der Waals surface area contributed by atoms with E-state index in [9.17, 15) is 0 Å². The van der Waals surface area contributed by atoms with Crippen molar-refractivity contribution in [3.05, 3.63) is 42.0 Å². The van der Waals surface area contributed by atoms with Crippen LogP contribution in [0.4, 0.5) is 0 Å². The second-order valence-electron chi connectivity index (χ2n) is 5.83. The molecule has 0 heterocycles. The molecular formula is C18H26ClNO. The van der Waals surface area contributed by atoms with Gasteiger partial charge >= 0.3 is 0 Å². The molecule has 1 aromatic rings. The van der Waals surface area contributed by atoms with E-state index in [1.54, 1.807) is 7.11 Å². The Morgan fingerprint density at radius 2 is 2.05 bits per heavy atom. The number of nitrogens with one attached hydrogen (secondary N) is 1. The van der Waals surface area contributed by atoms with Crippen molar-refractivity contribution in [1.82, 2.24) is 5.32 Å². The lowest BCUT2D eigenvalue weighted by atomic mass is 9.98. The number of methoxy groups -OCH3 is 1. The van der Waals surface area contributed by atoms with Gasteiger partial charge in [-0.2, -0.15) is 0 Å². The van der Waals surface area contributed by atoms with Gasteiger partial charge in [-0.1, -0.05) is 30.0 Å². The SMILES string of the molecule is COc1cccc(C(C)NC/C=C/C#CC(C)(C)C)c1.Cl. The lowest BCUT2D eigenvalue weighted by molar-refractivity contribution is 0.413. The van der Waals surface area contributed by atoms with E-state index < -0.39 is 0 Å². The highest BCUT2D eigenvalue weighted by Gasteiger charge is 2.04. The summed E-state index contributed by atoms with van der Waals surface area (Å²) in [6.07, 6.45) is 3.96. The van der Waals surface area contributed by atoms with Gasteiger partial charge in [-0.3, -0.25) is 0 Å². The summed E-state index contributed by atoms with van der Waals surface area (Å²) in [5.74, 6) is 7.13. The molecule has 0 amide bonds. The second-order valence-corrected chi connectivity index (χ2v) is 5.83. The minimum atomic E-state index is 0. The van der Waals surface area contributed by atoms with Gasteiger partial charge in [0.25, 0.3) is 0 Å². The van der Waals surface area contributed by atoms with Crippen LogP contribution in [0.5, 0.6) is 5.75 Å². The van der Waals surface area contributed by atoms with Gasteiger partial charge in [0.05, 0.1) is 7.11 Å². The Hall–Kier alpha value is -1.43. The van der Waals surface area contributed by atoms with Crippen molar-refractivity contribution in [2.45, 2.75) is 33.7 Å². The number of allylic oxidation sites excluding steroid dienone is 1. The third-order valence-electron chi connectivity index (χ3n) is 2.78. The summed E-state index contributed by atoms with van der Waals surface area (Å²) in [5.41, 5.74) is 1.28. The summed E-state index contributed by atoms with van der Waals surface area (Å²) >= 11 is 0. The zero-order valence-corrected chi connectivity index (χ0v) is 14.4. The van der Waals surface area contributed by atoms with E-state index >= 15 is 0 Å². The molecule has 0 spiro atoms. The fraction of sp³-hybridized carbons (Fsp3) is 0.444. The highest BCUT2D eigenvalue weighted by Crippen LogP contribution is 2.18. The monoisotopic (exact) mass is 307 g/mol. The molecular weight excluding hydrogens is 282 g/mol. The second kappa shape index (κ2) is 9.50. The fourth-order valence-electron chi connectivity index (χ4n) is 1.65. The number of benzene rings is 1. The van der Waals surface area contributed by atoms with Gasteiger partial charge in [-0.05, 0) is 51.5 Å². The van der Waals surface area contributed by atoms with Gasteiger partial charge in [-0.25, -0.2) is 0 Å². The van der Waals surface area contributed by atoms with Gasteiger partial charge in [0, 0.05) is 18.0 Å². The van der Waals surface area contributed by atoms with Crippen LogP contribution in [0.25, 0.3) is 0 Å². The Morgan fingerprint density at radius 1 is 1.33 bits per heavy atom. The van der Waals surface area contributed by atoms with E-state index in [2.05, 4.69) is 63.1 Å². The third kappa shape index (κ3) is 8.45. The molecule has 1 rings (SSSR count). The normalized spacial score (nSPS) is 12.2. The zero-order chi connectivity index (χ0) is 15.0. The van der Waals surface area contributed by atoms with Crippen molar-refractivity contribution in [1.29, 1.82) is 0 Å². The van der Waals surface area contributed by atoms with Crippen molar-refractivity contribution in [2.75, 3.05) is 13.7 Å². The van der Waals surface area contributed by atoms with Crippen molar-refractivity contribution in [2.24, 2.45) is 5.41 Å². The molecule has 3 heteroatoms. The average Bonchev–Trinajstić information content (AvgIpc) is 2.41. The summed E-state index contributed by atoms with van der Waals surface area (Å²) in [7, 11) is 1.69. The van der Waals surface area contributed by atoms with Crippen LogP contribution in [0.15, 0.2) is 36.4 Å². The zero-order valence-electron chi connectivity index (χ0n) is 13.6. The standard InChI is InChI=1S/C18H25NO.ClH/c1-15(16-10-9-11-17(14-16)20-5)19-13-8-6-7-12-18(2,3)4;/h6,8-11,14-15,19H,13H2,1-5H3;1H/b8-6+;. The molecule has 1 atom stereocenters. The number of halogens is 1. The summed E-state index contributed by atoms with van der Waals surface area (Å²) < 4.78 is 5.23. The topological polar surface area (TPSA) is 21.3 Å². The highest BCUT2D eigenvalue weighted by atomic mass is 35.5. The Kier molecular flexibility index (Phi) is 8.85. The molecule has 0 saturated heterocycles. The largest absolute Gasteiger partial charge is 0.497 e. The summed E-state index contributed by atoms with van der Waals surface area (Å²) in [6.45, 7) is 9.27. The quantitative estimate of drug-likeness (QED) is 0.815. The predicted molar refractivity (Wildman–Crippen MR) is 93.0 cm³/mol. The lowest BCUT2D eigenvalue weighted by Gasteiger charge is -2.13. The molecule has 1 N–H and O–H groups in total. The first-order valence-electron chi connectivity index (χ1n) is 6.97. The maximum absolute atomic E-state index is 5.23. The fourth-order valence-corrected chi connectivity index (χ4v) is 1.65. The van der Waals surface area contributed by atoms with E-state index in [-0.39, 0.29) is 23.9 Å². The molecule has 0 aromatic heterocycles. The minimum Gasteiger partial charge on any atom is -0.497 e. The molecule has 0 aliphatic rings. The minimum absolute atomic E-state index is 0. The highest BCUT2D eigenvalue weighted by molar-refractivity contribution is 5.85. The Bertz CT molecular complexity index is 506. The molecule has 0 aliphatic heterocycles. The van der Waals surface area contributed by atoms with Crippen LogP contribution >= 0.6 is 12.4 Å². The molecule has 2 nitrogen and oxygen atoms in total. The first-order valence-corrected chi connectivity index (χ1v) is 6.97. The summed E-state index contributed by atoms with van der Waals surface area (Å²) in [6, 6.07) is 8.41. The average molecular weight is 308 g/mol. The molecule has 1 unspecified atom stereocenters. The van der Waals surface area contributed by atoms with Crippen molar-refractivity contribution < 1.29 is 4.74 Å². The molecule has 0 bridgehead atoms. The lowest BCUT2D eigenvalue weighted by Crippen LogP contribution is -2.18. The van der Waals surface area contributed by atoms with Gasteiger partial charge in [0.15, 0.2) is 0 Å². The number of hydrogen-bond donors (Lipinski definition) is 1. The third-order valence-corrected chi connectivity index (χ3v) is 2.78. The van der Waals surface area contributed by atoms with Crippen LogP contribution in [0.2, 0.25) is 0 Å². The molecule has 1 aromatic carbocycles. The number of rotatable bonds is 5. The molecule has 21 heavy (non-hydrogen) atoms. The number of hydrogen-bond acceptors (Lipinski definition) is 2. The van der Waals surface area contributed by atoms with Crippen LogP contribution in [-0.2, 0) is 0 Å². The first-order chi connectivity index (χ1) is 9.42. The van der Waals surface area contributed by atoms with Gasteiger partial charge < -0.3 is 10.1 Å². The molecule has 0 radical (unpaired) electrons. The van der Waals surface area contributed by atoms with E-state index in [0.29, 0.717) is 0 Å². The van der Waals surface area contributed by atoms with E-state index in [0.717, 1.165) is 12.3 Å². The molecule has 0 aliphatic carbocycles. The predicted octanol–water partition coefficient (Wildman–Crippen LogP) is 4.37. The van der Waals surface area contributed by atoms with Crippen molar-refractivity contribution >= 4 is 12.4 Å². The summed E-state index contributed by atoms with van der Waals surface area (Å²) in [4.78, 5) is 0. The smallest absolute Gasteiger partial charge is 0.119 e. The van der Waals surface area contributed by atoms with Crippen LogP contribution in [0.3, 0.4) is 0 Å². The van der Waals surface area contributed by atoms with Crippen molar-refractivity contribution in [3.63, 3.8) is 0 Å². The number of ether oxygens (including phenoxy) is 1. The van der Waals surface area contributed by atoms with E-state index in [1.165, 1.54) is 5.56 Å². The van der Waals surface area contributed by atoms with Gasteiger partial charge in [-0.15, -0.1) is 12.4 Å². The summed E-state index contributed by atoms with van der Waals surface area (Å²) in [5, 5.41) is 3.44. The van der Waals surface area contributed by atoms with Crippen LogP contribution in [0, 0.1) is 17.3 Å². The molecule has 0 fully saturated rings. The van der Waals surface area contributed by atoms with Crippen LogP contribution in [-0.4, -0.2) is 13.7 Å². The van der Waals surface area contributed by atoms with Gasteiger partial charge in [0.2, 0.25) is 0 Å². The van der Waals surface area contributed by atoms with E-state index in [4.69, 9.17) is 4.74 Å². The first kappa shape index (κ1) is 19.6. The molecule has 0 saturated carbocycles. The maximum atomic E-state index is 5.23. The van der Waals surface area contributed by atoms with E-state index in [1.807, 2.05) is 18.2 Å².